The molecule has 1 saturated heterocycles. The molecule has 0 bridgehead atoms. The standard InChI is InChI=1S/C8H16O2/c1-6-4-7(9)5-8(2,3)10-6/h6-7,9H,4-5H2,1-3H3. The Bertz CT molecular complexity index is 108. The van der Waals surface area contributed by atoms with Gasteiger partial charge < -0.3 is 9.84 Å². The Kier molecular flexibility index (Phi) is 2.02. The molecule has 1 heterocycles. The van der Waals surface area contributed by atoms with Crippen molar-refractivity contribution in [2.75, 3.05) is 0 Å². The summed E-state index contributed by atoms with van der Waals surface area (Å²) in [5.41, 5.74) is -0.128. The number of ether oxygens (including phenoxy) is 1. The summed E-state index contributed by atoms with van der Waals surface area (Å²) in [5.74, 6) is 0. The molecule has 0 spiro atoms. The number of hydrogen-bond acceptors (Lipinski definition) is 2. The van der Waals surface area contributed by atoms with Crippen molar-refractivity contribution in [3.8, 4) is 0 Å². The van der Waals surface area contributed by atoms with E-state index in [-0.39, 0.29) is 17.8 Å². The molecule has 2 atom stereocenters. The van der Waals surface area contributed by atoms with Crippen molar-refractivity contribution in [2.24, 2.45) is 0 Å². The zero-order valence-electron chi connectivity index (χ0n) is 6.92. The SMILES string of the molecule is CC1CC(O)CC(C)(C)O1. The molecule has 1 N–H and O–H groups in total. The predicted octanol–water partition coefficient (Wildman–Crippen LogP) is 1.32. The molecule has 1 fully saturated rings. The van der Waals surface area contributed by atoms with Crippen LogP contribution in [0.2, 0.25) is 0 Å². The van der Waals surface area contributed by atoms with Crippen LogP contribution in [0.4, 0.5) is 0 Å². The van der Waals surface area contributed by atoms with E-state index in [4.69, 9.17) is 4.74 Å². The van der Waals surface area contributed by atoms with Gasteiger partial charge in [0.05, 0.1) is 17.8 Å². The molecule has 1 rings (SSSR count). The maximum absolute atomic E-state index is 9.34. The van der Waals surface area contributed by atoms with E-state index in [1.807, 2.05) is 20.8 Å². The van der Waals surface area contributed by atoms with E-state index in [0.29, 0.717) is 0 Å². The fourth-order valence-corrected chi connectivity index (χ4v) is 1.67. The van der Waals surface area contributed by atoms with Crippen molar-refractivity contribution < 1.29 is 9.84 Å². The van der Waals surface area contributed by atoms with Gasteiger partial charge in [-0.2, -0.15) is 0 Å². The average molecular weight is 144 g/mol. The zero-order valence-corrected chi connectivity index (χ0v) is 6.92. The summed E-state index contributed by atoms with van der Waals surface area (Å²) in [6.45, 7) is 6.04. The van der Waals surface area contributed by atoms with Crippen molar-refractivity contribution >= 4 is 0 Å². The molecule has 2 heteroatoms. The largest absolute Gasteiger partial charge is 0.393 e. The minimum Gasteiger partial charge on any atom is -0.393 e. The summed E-state index contributed by atoms with van der Waals surface area (Å²) in [6.07, 6.45) is 1.58. The van der Waals surface area contributed by atoms with E-state index >= 15 is 0 Å². The quantitative estimate of drug-likeness (QED) is 0.555. The van der Waals surface area contributed by atoms with E-state index in [9.17, 15) is 5.11 Å². The number of aliphatic hydroxyl groups excluding tert-OH is 1. The Morgan fingerprint density at radius 2 is 2.10 bits per heavy atom. The first-order chi connectivity index (χ1) is 4.49. The molecule has 10 heavy (non-hydrogen) atoms. The molecule has 0 radical (unpaired) electrons. The van der Waals surface area contributed by atoms with Crippen LogP contribution >= 0.6 is 0 Å². The Balaban J connectivity index is 2.51. The molecule has 0 aromatic heterocycles. The van der Waals surface area contributed by atoms with Crippen LogP contribution in [-0.2, 0) is 4.74 Å². The first-order valence-electron chi connectivity index (χ1n) is 3.85. The second kappa shape index (κ2) is 2.51. The first-order valence-corrected chi connectivity index (χ1v) is 3.85. The lowest BCUT2D eigenvalue weighted by molar-refractivity contribution is -0.136. The van der Waals surface area contributed by atoms with Gasteiger partial charge in [-0.3, -0.25) is 0 Å². The van der Waals surface area contributed by atoms with Crippen LogP contribution in [0.15, 0.2) is 0 Å². The first kappa shape index (κ1) is 8.02. The van der Waals surface area contributed by atoms with Crippen LogP contribution in [0.25, 0.3) is 0 Å². The normalized spacial score (nSPS) is 39.6. The fraction of sp³-hybridized carbons (Fsp3) is 1.00. The van der Waals surface area contributed by atoms with Gasteiger partial charge in [-0.1, -0.05) is 0 Å². The van der Waals surface area contributed by atoms with Crippen LogP contribution in [0.1, 0.15) is 33.6 Å². The van der Waals surface area contributed by atoms with Gasteiger partial charge in [0.1, 0.15) is 0 Å². The van der Waals surface area contributed by atoms with E-state index in [2.05, 4.69) is 0 Å². The Morgan fingerprint density at radius 3 is 2.50 bits per heavy atom. The summed E-state index contributed by atoms with van der Waals surface area (Å²) in [6, 6.07) is 0. The Labute approximate surface area is 62.2 Å². The summed E-state index contributed by atoms with van der Waals surface area (Å²) >= 11 is 0. The maximum Gasteiger partial charge on any atom is 0.0654 e. The highest BCUT2D eigenvalue weighted by Gasteiger charge is 2.31. The third-order valence-corrected chi connectivity index (χ3v) is 1.85. The van der Waals surface area contributed by atoms with Gasteiger partial charge >= 0.3 is 0 Å². The summed E-state index contributed by atoms with van der Waals surface area (Å²) in [4.78, 5) is 0. The van der Waals surface area contributed by atoms with E-state index < -0.39 is 0 Å². The lowest BCUT2D eigenvalue weighted by atomic mass is 9.93. The molecular weight excluding hydrogens is 128 g/mol. The molecule has 60 valence electrons. The van der Waals surface area contributed by atoms with Crippen molar-refractivity contribution in [3.63, 3.8) is 0 Å². The van der Waals surface area contributed by atoms with Gasteiger partial charge in [-0.15, -0.1) is 0 Å². The number of rotatable bonds is 0. The molecule has 0 amide bonds. The van der Waals surface area contributed by atoms with Crippen LogP contribution in [0, 0.1) is 0 Å². The smallest absolute Gasteiger partial charge is 0.0654 e. The number of hydrogen-bond donors (Lipinski definition) is 1. The second-order valence-electron chi connectivity index (χ2n) is 3.78. The second-order valence-corrected chi connectivity index (χ2v) is 3.78. The van der Waals surface area contributed by atoms with Gasteiger partial charge in [0.15, 0.2) is 0 Å². The highest BCUT2D eigenvalue weighted by molar-refractivity contribution is 4.81. The lowest BCUT2D eigenvalue weighted by Crippen LogP contribution is -2.40. The summed E-state index contributed by atoms with van der Waals surface area (Å²) < 4.78 is 5.58. The van der Waals surface area contributed by atoms with Gasteiger partial charge in [0.25, 0.3) is 0 Å². The van der Waals surface area contributed by atoms with Crippen molar-refractivity contribution in [2.45, 2.75) is 51.4 Å². The molecular formula is C8H16O2. The van der Waals surface area contributed by atoms with Gasteiger partial charge in [0, 0.05) is 6.42 Å². The third-order valence-electron chi connectivity index (χ3n) is 1.85. The number of aliphatic hydroxyl groups is 1. The van der Waals surface area contributed by atoms with Gasteiger partial charge in [0.2, 0.25) is 0 Å². The van der Waals surface area contributed by atoms with E-state index in [1.165, 1.54) is 0 Å². The summed E-state index contributed by atoms with van der Waals surface area (Å²) in [7, 11) is 0. The Hall–Kier alpha value is -0.0800. The van der Waals surface area contributed by atoms with Crippen molar-refractivity contribution in [1.29, 1.82) is 0 Å². The highest BCUT2D eigenvalue weighted by Crippen LogP contribution is 2.27. The average Bonchev–Trinajstić information content (AvgIpc) is 1.54. The highest BCUT2D eigenvalue weighted by atomic mass is 16.5. The third kappa shape index (κ3) is 1.96. The zero-order chi connectivity index (χ0) is 7.78. The van der Waals surface area contributed by atoms with Crippen LogP contribution < -0.4 is 0 Å². The summed E-state index contributed by atoms with van der Waals surface area (Å²) in [5, 5.41) is 9.34. The minimum absolute atomic E-state index is 0.128. The Morgan fingerprint density at radius 1 is 1.50 bits per heavy atom. The van der Waals surface area contributed by atoms with Crippen molar-refractivity contribution in [3.05, 3.63) is 0 Å². The van der Waals surface area contributed by atoms with Crippen LogP contribution in [0.5, 0.6) is 0 Å². The van der Waals surface area contributed by atoms with E-state index in [0.717, 1.165) is 12.8 Å². The van der Waals surface area contributed by atoms with Crippen molar-refractivity contribution in [1.82, 2.24) is 0 Å². The predicted molar refractivity (Wildman–Crippen MR) is 39.9 cm³/mol. The van der Waals surface area contributed by atoms with Crippen LogP contribution in [0.3, 0.4) is 0 Å². The monoisotopic (exact) mass is 144 g/mol. The lowest BCUT2D eigenvalue weighted by Gasteiger charge is -2.37. The molecule has 0 aromatic rings. The van der Waals surface area contributed by atoms with Gasteiger partial charge in [-0.05, 0) is 27.2 Å². The van der Waals surface area contributed by atoms with Crippen LogP contribution in [-0.4, -0.2) is 22.9 Å². The molecule has 1 aliphatic rings. The molecule has 0 saturated carbocycles. The molecule has 2 nitrogen and oxygen atoms in total. The van der Waals surface area contributed by atoms with Gasteiger partial charge in [-0.25, -0.2) is 0 Å². The maximum atomic E-state index is 9.34. The molecule has 2 unspecified atom stereocenters. The van der Waals surface area contributed by atoms with E-state index in [1.54, 1.807) is 0 Å². The molecule has 0 aliphatic carbocycles. The molecule has 1 aliphatic heterocycles. The molecule has 0 aromatic carbocycles. The topological polar surface area (TPSA) is 29.5 Å². The minimum atomic E-state index is -0.168. The fourth-order valence-electron chi connectivity index (χ4n) is 1.67.